The summed E-state index contributed by atoms with van der Waals surface area (Å²) in [5.41, 5.74) is 5.87. The van der Waals surface area contributed by atoms with Gasteiger partial charge in [0, 0.05) is 11.2 Å². The van der Waals surface area contributed by atoms with Gasteiger partial charge in [0.15, 0.2) is 11.7 Å². The van der Waals surface area contributed by atoms with E-state index in [1.165, 1.54) is 0 Å². The van der Waals surface area contributed by atoms with E-state index >= 15 is 0 Å². The molecule has 1 amide bonds. The average molecular weight is 281 g/mol. The lowest BCUT2D eigenvalue weighted by Crippen LogP contribution is -2.43. The van der Waals surface area contributed by atoms with Gasteiger partial charge in [0.2, 0.25) is 0 Å². The lowest BCUT2D eigenvalue weighted by Gasteiger charge is -2.20. The van der Waals surface area contributed by atoms with Crippen LogP contribution >= 0.6 is 12.2 Å². The van der Waals surface area contributed by atoms with E-state index in [2.05, 4.69) is 10.6 Å². The van der Waals surface area contributed by atoms with Gasteiger partial charge in [-0.25, -0.2) is 0 Å². The number of carbonyl (C=O) groups is 1. The third-order valence-electron chi connectivity index (χ3n) is 2.01. The largest absolute Gasteiger partial charge is 0.484 e. The first-order valence-corrected chi connectivity index (χ1v) is 6.27. The molecular weight excluding hydrogens is 262 g/mol. The summed E-state index contributed by atoms with van der Waals surface area (Å²) >= 11 is 4.73. The number of ether oxygens (including phenoxy) is 1. The Morgan fingerprint density at radius 2 is 1.89 bits per heavy atom. The Bertz CT molecular complexity index is 452. The molecule has 0 unspecified atom stereocenters. The lowest BCUT2D eigenvalue weighted by atomic mass is 10.1. The van der Waals surface area contributed by atoms with Gasteiger partial charge in [0.1, 0.15) is 5.75 Å². The van der Waals surface area contributed by atoms with Crippen molar-refractivity contribution in [1.29, 1.82) is 0 Å². The van der Waals surface area contributed by atoms with Gasteiger partial charge in [-0.1, -0.05) is 0 Å². The number of carbonyl (C=O) groups excluding carboxylic acids is 1. The first kappa shape index (κ1) is 15.2. The number of nitrogens with two attached hydrogens (primary N) is 1. The molecule has 0 aliphatic rings. The molecule has 0 saturated carbocycles. The summed E-state index contributed by atoms with van der Waals surface area (Å²) in [4.78, 5) is 11.6. The van der Waals surface area contributed by atoms with Crippen LogP contribution in [0.1, 0.15) is 20.8 Å². The number of amides is 1. The van der Waals surface area contributed by atoms with Gasteiger partial charge in [-0.05, 0) is 57.3 Å². The Morgan fingerprint density at radius 3 is 2.37 bits per heavy atom. The molecule has 0 aliphatic heterocycles. The molecule has 6 heteroatoms. The minimum Gasteiger partial charge on any atom is -0.484 e. The van der Waals surface area contributed by atoms with Crippen molar-refractivity contribution < 1.29 is 9.53 Å². The number of nitrogens with one attached hydrogen (secondary N) is 2. The van der Waals surface area contributed by atoms with Gasteiger partial charge in [0.05, 0.1) is 0 Å². The van der Waals surface area contributed by atoms with Crippen LogP contribution in [0.3, 0.4) is 0 Å². The first-order valence-electron chi connectivity index (χ1n) is 5.86. The fourth-order valence-corrected chi connectivity index (χ4v) is 1.50. The van der Waals surface area contributed by atoms with Crippen molar-refractivity contribution in [1.82, 2.24) is 5.32 Å². The normalized spacial score (nSPS) is 10.7. The SMILES string of the molecule is CC(C)(C)NC(=O)COc1ccc(NC(N)=S)cc1. The molecule has 0 spiro atoms. The Hall–Kier alpha value is -1.82. The van der Waals surface area contributed by atoms with Crippen molar-refractivity contribution in [2.75, 3.05) is 11.9 Å². The Balaban J connectivity index is 2.46. The van der Waals surface area contributed by atoms with Gasteiger partial charge >= 0.3 is 0 Å². The van der Waals surface area contributed by atoms with Crippen LogP contribution in [-0.4, -0.2) is 23.2 Å². The minimum atomic E-state index is -0.259. The number of hydrogen-bond acceptors (Lipinski definition) is 3. The maximum Gasteiger partial charge on any atom is 0.258 e. The van der Waals surface area contributed by atoms with Crippen LogP contribution in [0.5, 0.6) is 5.75 Å². The Labute approximate surface area is 118 Å². The molecule has 0 bridgehead atoms. The van der Waals surface area contributed by atoms with Crippen molar-refractivity contribution in [3.05, 3.63) is 24.3 Å². The zero-order chi connectivity index (χ0) is 14.5. The molecule has 4 N–H and O–H groups in total. The van der Waals surface area contributed by atoms with E-state index in [4.69, 9.17) is 22.7 Å². The van der Waals surface area contributed by atoms with Crippen LogP contribution in [0, 0.1) is 0 Å². The van der Waals surface area contributed by atoms with Crippen LogP contribution in [0.4, 0.5) is 5.69 Å². The molecule has 1 aromatic rings. The third-order valence-corrected chi connectivity index (χ3v) is 2.11. The van der Waals surface area contributed by atoms with Crippen LogP contribution in [0.25, 0.3) is 0 Å². The average Bonchev–Trinajstić information content (AvgIpc) is 2.25. The number of hydrogen-bond donors (Lipinski definition) is 3. The highest BCUT2D eigenvalue weighted by Gasteiger charge is 2.13. The summed E-state index contributed by atoms with van der Waals surface area (Å²) in [6.45, 7) is 5.74. The molecule has 0 fully saturated rings. The highest BCUT2D eigenvalue weighted by molar-refractivity contribution is 7.80. The van der Waals surface area contributed by atoms with E-state index in [1.54, 1.807) is 24.3 Å². The van der Waals surface area contributed by atoms with E-state index in [9.17, 15) is 4.79 Å². The van der Waals surface area contributed by atoms with E-state index in [0.717, 1.165) is 5.69 Å². The van der Waals surface area contributed by atoms with Crippen LogP contribution in [0.2, 0.25) is 0 Å². The third kappa shape index (κ3) is 6.61. The van der Waals surface area contributed by atoms with E-state index < -0.39 is 0 Å². The fourth-order valence-electron chi connectivity index (χ4n) is 1.38. The molecule has 0 atom stereocenters. The number of benzene rings is 1. The summed E-state index contributed by atoms with van der Waals surface area (Å²) in [5.74, 6) is 0.454. The molecule has 0 aliphatic carbocycles. The zero-order valence-corrected chi connectivity index (χ0v) is 12.1. The molecule has 1 rings (SSSR count). The topological polar surface area (TPSA) is 76.4 Å². The highest BCUT2D eigenvalue weighted by Crippen LogP contribution is 2.15. The van der Waals surface area contributed by atoms with Crippen molar-refractivity contribution >= 4 is 28.9 Å². The Kier molecular flexibility index (Phi) is 5.11. The van der Waals surface area contributed by atoms with Gasteiger partial charge in [-0.2, -0.15) is 0 Å². The highest BCUT2D eigenvalue weighted by atomic mass is 32.1. The minimum absolute atomic E-state index is 0.0145. The van der Waals surface area contributed by atoms with Crippen molar-refractivity contribution in [2.45, 2.75) is 26.3 Å². The second-order valence-electron chi connectivity index (χ2n) is 5.10. The zero-order valence-electron chi connectivity index (χ0n) is 11.3. The molecule has 0 radical (unpaired) electrons. The van der Waals surface area contributed by atoms with Crippen LogP contribution in [0.15, 0.2) is 24.3 Å². The van der Waals surface area contributed by atoms with Gasteiger partial charge < -0.3 is 21.1 Å². The van der Waals surface area contributed by atoms with E-state index in [1.807, 2.05) is 20.8 Å². The predicted octanol–water partition coefficient (Wildman–Crippen LogP) is 1.64. The van der Waals surface area contributed by atoms with Crippen LogP contribution < -0.4 is 21.1 Å². The number of rotatable bonds is 4. The van der Waals surface area contributed by atoms with Crippen molar-refractivity contribution in [3.63, 3.8) is 0 Å². The summed E-state index contributed by atoms with van der Waals surface area (Å²) in [6.07, 6.45) is 0. The van der Waals surface area contributed by atoms with Gasteiger partial charge in [-0.15, -0.1) is 0 Å². The molecule has 19 heavy (non-hydrogen) atoms. The first-order chi connectivity index (χ1) is 8.76. The quantitative estimate of drug-likeness (QED) is 0.731. The smallest absolute Gasteiger partial charge is 0.258 e. The summed E-state index contributed by atoms with van der Waals surface area (Å²) in [7, 11) is 0. The monoisotopic (exact) mass is 281 g/mol. The standard InChI is InChI=1S/C13H19N3O2S/c1-13(2,3)16-11(17)8-18-10-6-4-9(5-7-10)15-12(14)19/h4-7H,8H2,1-3H3,(H,16,17)(H3,14,15,19). The van der Waals surface area contributed by atoms with E-state index in [-0.39, 0.29) is 23.2 Å². The maximum atomic E-state index is 11.6. The van der Waals surface area contributed by atoms with Crippen molar-refractivity contribution in [2.24, 2.45) is 5.73 Å². The molecule has 5 nitrogen and oxygen atoms in total. The second kappa shape index (κ2) is 6.38. The molecule has 1 aromatic carbocycles. The van der Waals surface area contributed by atoms with Crippen molar-refractivity contribution in [3.8, 4) is 5.75 Å². The van der Waals surface area contributed by atoms with Gasteiger partial charge in [0.25, 0.3) is 5.91 Å². The second-order valence-corrected chi connectivity index (χ2v) is 5.54. The summed E-state index contributed by atoms with van der Waals surface area (Å²) < 4.78 is 5.37. The molecular formula is C13H19N3O2S. The summed E-state index contributed by atoms with van der Waals surface area (Å²) in [6, 6.07) is 7.03. The molecule has 0 heterocycles. The fraction of sp³-hybridized carbons (Fsp3) is 0.385. The molecule has 104 valence electrons. The van der Waals surface area contributed by atoms with E-state index in [0.29, 0.717) is 5.75 Å². The molecule has 0 saturated heterocycles. The maximum absolute atomic E-state index is 11.6. The number of thiocarbonyl (C=S) groups is 1. The lowest BCUT2D eigenvalue weighted by molar-refractivity contribution is -0.124. The predicted molar refractivity (Wildman–Crippen MR) is 80.2 cm³/mol. The Morgan fingerprint density at radius 1 is 1.32 bits per heavy atom. The van der Waals surface area contributed by atoms with Crippen LogP contribution in [-0.2, 0) is 4.79 Å². The molecule has 0 aromatic heterocycles. The number of anilines is 1. The summed E-state index contributed by atoms with van der Waals surface area (Å²) in [5, 5.41) is 5.83. The van der Waals surface area contributed by atoms with Gasteiger partial charge in [-0.3, -0.25) is 4.79 Å².